The van der Waals surface area contributed by atoms with Crippen LogP contribution in [0.25, 0.3) is 77.4 Å². The van der Waals surface area contributed by atoms with E-state index in [1.165, 1.54) is 99.7 Å². The molecule has 1 aliphatic carbocycles. The van der Waals surface area contributed by atoms with Crippen LogP contribution in [0.3, 0.4) is 0 Å². The number of para-hydroxylation sites is 1. The van der Waals surface area contributed by atoms with Gasteiger partial charge in [0, 0.05) is 34.0 Å². The van der Waals surface area contributed by atoms with Gasteiger partial charge in [0.05, 0.1) is 16.4 Å². The molecule has 0 radical (unpaired) electrons. The highest BCUT2D eigenvalue weighted by Gasteiger charge is 2.51. The fraction of sp³-hybridized carbons (Fsp3) is 0.0357. The predicted octanol–water partition coefficient (Wildman–Crippen LogP) is 14.3. The molecule has 0 N–H and O–H groups in total. The lowest BCUT2D eigenvalue weighted by Crippen LogP contribution is -2.32. The number of ether oxygens (including phenoxy) is 1. The van der Waals surface area contributed by atoms with Crippen molar-refractivity contribution in [2.45, 2.75) is 12.0 Å². The van der Waals surface area contributed by atoms with Crippen molar-refractivity contribution in [3.05, 3.63) is 228 Å². The molecule has 270 valence electrons. The number of hydrogen-bond donors (Lipinski definition) is 0. The van der Waals surface area contributed by atoms with Gasteiger partial charge in [-0.1, -0.05) is 164 Å². The summed E-state index contributed by atoms with van der Waals surface area (Å²) in [5.74, 6) is 1.86. The van der Waals surface area contributed by atoms with Crippen molar-refractivity contribution < 1.29 is 4.74 Å². The molecule has 0 saturated heterocycles. The van der Waals surface area contributed by atoms with Gasteiger partial charge in [0.15, 0.2) is 5.75 Å². The van der Waals surface area contributed by atoms with Crippen molar-refractivity contribution in [3.63, 3.8) is 0 Å². The maximum absolute atomic E-state index is 7.25. The normalized spacial score (nSPS) is 13.7. The molecular formula is C56H35NO. The second kappa shape index (κ2) is 11.8. The summed E-state index contributed by atoms with van der Waals surface area (Å²) in [7, 11) is 0. The van der Waals surface area contributed by atoms with E-state index in [4.69, 9.17) is 4.74 Å². The van der Waals surface area contributed by atoms with Crippen LogP contribution < -0.4 is 4.74 Å². The third-order valence-corrected chi connectivity index (χ3v) is 13.0. The van der Waals surface area contributed by atoms with Gasteiger partial charge in [-0.25, -0.2) is 0 Å². The van der Waals surface area contributed by atoms with Gasteiger partial charge in [0.25, 0.3) is 0 Å². The predicted molar refractivity (Wildman–Crippen MR) is 238 cm³/mol. The summed E-state index contributed by atoms with van der Waals surface area (Å²) < 4.78 is 9.81. The van der Waals surface area contributed by atoms with E-state index in [0.29, 0.717) is 0 Å². The van der Waals surface area contributed by atoms with Crippen molar-refractivity contribution in [3.8, 4) is 67.1 Å². The Morgan fingerprint density at radius 2 is 0.897 bits per heavy atom. The topological polar surface area (TPSA) is 14.2 Å². The van der Waals surface area contributed by atoms with E-state index in [0.717, 1.165) is 23.6 Å². The number of benzene rings is 9. The van der Waals surface area contributed by atoms with Crippen molar-refractivity contribution in [1.82, 2.24) is 4.57 Å². The third kappa shape index (κ3) is 4.21. The van der Waals surface area contributed by atoms with Gasteiger partial charge < -0.3 is 9.30 Å². The summed E-state index contributed by atoms with van der Waals surface area (Å²) in [5, 5.41) is 2.45. The van der Waals surface area contributed by atoms with E-state index in [1.807, 2.05) is 0 Å². The summed E-state index contributed by atoms with van der Waals surface area (Å²) >= 11 is 0. The van der Waals surface area contributed by atoms with Crippen LogP contribution in [0.4, 0.5) is 0 Å². The number of aromatic nitrogens is 1. The number of rotatable bonds is 3. The van der Waals surface area contributed by atoms with Gasteiger partial charge in [-0.05, 0) is 103 Å². The third-order valence-electron chi connectivity index (χ3n) is 13.0. The zero-order chi connectivity index (χ0) is 38.0. The molecule has 0 atom stereocenters. The van der Waals surface area contributed by atoms with Gasteiger partial charge in [-0.15, -0.1) is 0 Å². The minimum Gasteiger partial charge on any atom is -0.454 e. The highest BCUT2D eigenvalue weighted by molar-refractivity contribution is 6.17. The molecular weight excluding hydrogens is 703 g/mol. The Hall–Kier alpha value is -7.42. The Morgan fingerprint density at radius 1 is 0.362 bits per heavy atom. The average Bonchev–Trinajstić information content (AvgIpc) is 3.78. The van der Waals surface area contributed by atoms with Crippen LogP contribution >= 0.6 is 0 Å². The molecule has 0 bridgehead atoms. The fourth-order valence-electron chi connectivity index (χ4n) is 10.6. The van der Waals surface area contributed by atoms with Gasteiger partial charge in [0.2, 0.25) is 0 Å². The Labute approximate surface area is 336 Å². The first-order valence-electron chi connectivity index (χ1n) is 20.2. The Bertz CT molecular complexity index is 3230. The molecule has 2 aliphatic heterocycles. The standard InChI is InChI=1S/C56H35NO/c1-3-15-35(16-4-1)38-29-39(36-17-5-2-6-18-36)31-40(30-38)41-32-46-42-20-8-7-19-37(42)34-57-53(46)47(33-41)45-27-28-51-55(54(45)57)58-52-26-14-13-25-50(52)56(51)48-23-11-9-21-43(48)44-22-10-12-24-49(44)56/h1-33H,34H2. The SMILES string of the molecule is c1ccc(-c2cc(-c3ccccc3)cc(-c3cc4c5c(c3)c3ccc6c(c3n5Cc3ccccc3-4)Oc3ccccc3C63c4ccccc4-c4ccccc43)c2)cc1. The molecule has 1 spiro atoms. The second-order valence-electron chi connectivity index (χ2n) is 16.0. The zero-order valence-electron chi connectivity index (χ0n) is 31.6. The first-order valence-corrected chi connectivity index (χ1v) is 20.2. The summed E-state index contributed by atoms with van der Waals surface area (Å²) in [5.41, 5.74) is 20.6. The lowest BCUT2D eigenvalue weighted by molar-refractivity contribution is 0.439. The van der Waals surface area contributed by atoms with E-state index in [1.54, 1.807) is 0 Å². The summed E-state index contributed by atoms with van der Waals surface area (Å²) in [4.78, 5) is 0. The molecule has 10 aromatic rings. The van der Waals surface area contributed by atoms with Crippen LogP contribution in [0.1, 0.15) is 27.8 Å². The van der Waals surface area contributed by atoms with E-state index >= 15 is 0 Å². The maximum Gasteiger partial charge on any atom is 0.156 e. The average molecular weight is 738 g/mol. The molecule has 0 unspecified atom stereocenters. The molecule has 0 saturated carbocycles. The summed E-state index contributed by atoms with van der Waals surface area (Å²) in [6.45, 7) is 0.770. The monoisotopic (exact) mass is 737 g/mol. The summed E-state index contributed by atoms with van der Waals surface area (Å²) in [6, 6.07) is 73.8. The highest BCUT2D eigenvalue weighted by atomic mass is 16.5. The van der Waals surface area contributed by atoms with Crippen molar-refractivity contribution in [2.24, 2.45) is 0 Å². The molecule has 2 nitrogen and oxygen atoms in total. The van der Waals surface area contributed by atoms with Crippen LogP contribution in [0, 0.1) is 0 Å². The van der Waals surface area contributed by atoms with E-state index < -0.39 is 5.41 Å². The van der Waals surface area contributed by atoms with E-state index in [2.05, 4.69) is 205 Å². The number of hydrogen-bond acceptors (Lipinski definition) is 1. The zero-order valence-corrected chi connectivity index (χ0v) is 31.6. The van der Waals surface area contributed by atoms with Gasteiger partial charge in [0.1, 0.15) is 5.75 Å². The molecule has 13 rings (SSSR count). The minimum atomic E-state index is -0.519. The Kier molecular flexibility index (Phi) is 6.46. The first kappa shape index (κ1) is 31.7. The van der Waals surface area contributed by atoms with Crippen molar-refractivity contribution in [2.75, 3.05) is 0 Å². The highest BCUT2D eigenvalue weighted by Crippen LogP contribution is 2.63. The number of nitrogens with zero attached hydrogens (tertiary/aromatic N) is 1. The molecule has 58 heavy (non-hydrogen) atoms. The Balaban J connectivity index is 1.13. The molecule has 0 amide bonds. The minimum absolute atomic E-state index is 0.519. The Morgan fingerprint density at radius 3 is 1.57 bits per heavy atom. The lowest BCUT2D eigenvalue weighted by atomic mass is 9.66. The van der Waals surface area contributed by atoms with E-state index in [9.17, 15) is 0 Å². The van der Waals surface area contributed by atoms with Gasteiger partial charge in [-0.2, -0.15) is 0 Å². The molecule has 1 aromatic heterocycles. The van der Waals surface area contributed by atoms with Crippen LogP contribution in [-0.2, 0) is 12.0 Å². The molecule has 3 aliphatic rings. The summed E-state index contributed by atoms with van der Waals surface area (Å²) in [6.07, 6.45) is 0. The molecule has 0 fully saturated rings. The van der Waals surface area contributed by atoms with Crippen molar-refractivity contribution >= 4 is 21.8 Å². The number of fused-ring (bicyclic) bond motifs is 15. The quantitative estimate of drug-likeness (QED) is 0.176. The van der Waals surface area contributed by atoms with Crippen LogP contribution in [-0.4, -0.2) is 4.57 Å². The lowest BCUT2D eigenvalue weighted by Gasteiger charge is -2.39. The van der Waals surface area contributed by atoms with Crippen LogP contribution in [0.5, 0.6) is 11.5 Å². The first-order chi connectivity index (χ1) is 28.8. The molecule has 9 aromatic carbocycles. The van der Waals surface area contributed by atoms with Gasteiger partial charge >= 0.3 is 0 Å². The smallest absolute Gasteiger partial charge is 0.156 e. The van der Waals surface area contributed by atoms with Crippen LogP contribution in [0.15, 0.2) is 200 Å². The fourth-order valence-corrected chi connectivity index (χ4v) is 10.6. The molecule has 3 heterocycles. The maximum atomic E-state index is 7.25. The van der Waals surface area contributed by atoms with Crippen molar-refractivity contribution in [1.29, 1.82) is 0 Å². The van der Waals surface area contributed by atoms with E-state index in [-0.39, 0.29) is 0 Å². The molecule has 2 heteroatoms. The second-order valence-corrected chi connectivity index (χ2v) is 16.0. The van der Waals surface area contributed by atoms with Crippen LogP contribution in [0.2, 0.25) is 0 Å². The largest absolute Gasteiger partial charge is 0.454 e. The van der Waals surface area contributed by atoms with Gasteiger partial charge in [-0.3, -0.25) is 0 Å².